The summed E-state index contributed by atoms with van der Waals surface area (Å²) in [6, 6.07) is 10.1. The molecule has 0 heterocycles. The summed E-state index contributed by atoms with van der Waals surface area (Å²) in [5.74, 6) is 0.0821. The average Bonchev–Trinajstić information content (AvgIpc) is 2.66. The van der Waals surface area contributed by atoms with Crippen LogP contribution in [0.25, 0.3) is 0 Å². The molecule has 0 bridgehead atoms. The summed E-state index contributed by atoms with van der Waals surface area (Å²) in [5.41, 5.74) is 1.67. The van der Waals surface area contributed by atoms with Crippen LogP contribution in [0.15, 0.2) is 36.4 Å². The zero-order valence-electron chi connectivity index (χ0n) is 15.5. The molecule has 0 aliphatic carbocycles. The molecule has 0 aliphatic rings. The second-order valence-corrected chi connectivity index (χ2v) is 5.69. The molecular formula is C20H22O6. The van der Waals surface area contributed by atoms with Crippen LogP contribution in [0.1, 0.15) is 33.2 Å². The van der Waals surface area contributed by atoms with Crippen molar-refractivity contribution in [2.75, 3.05) is 21.3 Å². The van der Waals surface area contributed by atoms with Crippen LogP contribution in [0.4, 0.5) is 0 Å². The van der Waals surface area contributed by atoms with Gasteiger partial charge in [0.2, 0.25) is 5.78 Å². The quantitative estimate of drug-likeness (QED) is 0.558. The van der Waals surface area contributed by atoms with Gasteiger partial charge >= 0.3 is 5.97 Å². The van der Waals surface area contributed by atoms with Gasteiger partial charge in [-0.05, 0) is 13.8 Å². The lowest BCUT2D eigenvalue weighted by atomic mass is 10.1. The molecule has 2 rings (SSSR count). The monoisotopic (exact) mass is 358 g/mol. The van der Waals surface area contributed by atoms with Crippen LogP contribution in [0.2, 0.25) is 0 Å². The number of rotatable bonds is 7. The van der Waals surface area contributed by atoms with Gasteiger partial charge in [-0.3, -0.25) is 4.79 Å². The number of hydrogen-bond acceptors (Lipinski definition) is 6. The fourth-order valence-corrected chi connectivity index (χ4v) is 2.42. The van der Waals surface area contributed by atoms with Crippen molar-refractivity contribution in [3.63, 3.8) is 0 Å². The Morgan fingerprint density at radius 1 is 0.846 bits per heavy atom. The first-order valence-corrected chi connectivity index (χ1v) is 8.03. The lowest BCUT2D eigenvalue weighted by Crippen LogP contribution is -2.24. The zero-order chi connectivity index (χ0) is 19.3. The molecule has 0 amide bonds. The smallest absolute Gasteiger partial charge is 0.342 e. The second kappa shape index (κ2) is 8.38. The SMILES string of the molecule is COc1cc(OC)c(C(=O)O[C@@H](C)C(=O)c2ccc(C)cc2)cc1OC. The highest BCUT2D eigenvalue weighted by Crippen LogP contribution is 2.35. The molecule has 0 saturated heterocycles. The normalized spacial score (nSPS) is 11.4. The molecular weight excluding hydrogens is 336 g/mol. The Morgan fingerprint density at radius 3 is 1.92 bits per heavy atom. The highest BCUT2D eigenvalue weighted by Gasteiger charge is 2.24. The Balaban J connectivity index is 2.23. The maximum absolute atomic E-state index is 12.5. The van der Waals surface area contributed by atoms with Gasteiger partial charge in [0.1, 0.15) is 11.3 Å². The Labute approximate surface area is 152 Å². The number of carbonyl (C=O) groups excluding carboxylic acids is 2. The van der Waals surface area contributed by atoms with Crippen molar-refractivity contribution in [2.45, 2.75) is 20.0 Å². The number of carbonyl (C=O) groups is 2. The third-order valence-electron chi connectivity index (χ3n) is 3.91. The van der Waals surface area contributed by atoms with E-state index in [9.17, 15) is 9.59 Å². The molecule has 0 aromatic heterocycles. The van der Waals surface area contributed by atoms with Gasteiger partial charge in [-0.2, -0.15) is 0 Å². The van der Waals surface area contributed by atoms with E-state index >= 15 is 0 Å². The van der Waals surface area contributed by atoms with E-state index in [1.165, 1.54) is 40.4 Å². The largest absolute Gasteiger partial charge is 0.496 e. The van der Waals surface area contributed by atoms with Crippen LogP contribution in [-0.2, 0) is 4.74 Å². The Hall–Kier alpha value is -3.02. The fraction of sp³-hybridized carbons (Fsp3) is 0.300. The van der Waals surface area contributed by atoms with Crippen LogP contribution in [0, 0.1) is 6.92 Å². The fourth-order valence-electron chi connectivity index (χ4n) is 2.42. The summed E-state index contributed by atoms with van der Waals surface area (Å²) < 4.78 is 21.0. The summed E-state index contributed by atoms with van der Waals surface area (Å²) in [6.07, 6.45) is -0.942. The van der Waals surface area contributed by atoms with Gasteiger partial charge in [-0.1, -0.05) is 29.8 Å². The molecule has 6 heteroatoms. The van der Waals surface area contributed by atoms with E-state index in [0.717, 1.165) is 5.56 Å². The number of ether oxygens (including phenoxy) is 4. The average molecular weight is 358 g/mol. The van der Waals surface area contributed by atoms with E-state index in [1.807, 2.05) is 19.1 Å². The van der Waals surface area contributed by atoms with Gasteiger partial charge < -0.3 is 18.9 Å². The van der Waals surface area contributed by atoms with Gasteiger partial charge in [0.05, 0.1) is 21.3 Å². The van der Waals surface area contributed by atoms with E-state index < -0.39 is 12.1 Å². The molecule has 0 spiro atoms. The van der Waals surface area contributed by atoms with Gasteiger partial charge in [0.15, 0.2) is 17.6 Å². The van der Waals surface area contributed by atoms with E-state index in [2.05, 4.69) is 0 Å². The van der Waals surface area contributed by atoms with Crippen LogP contribution < -0.4 is 14.2 Å². The van der Waals surface area contributed by atoms with Crippen LogP contribution in [0.5, 0.6) is 17.2 Å². The lowest BCUT2D eigenvalue weighted by Gasteiger charge is -2.16. The summed E-state index contributed by atoms with van der Waals surface area (Å²) in [6.45, 7) is 3.47. The van der Waals surface area contributed by atoms with Crippen LogP contribution in [-0.4, -0.2) is 39.2 Å². The van der Waals surface area contributed by atoms with Gasteiger partial charge in [-0.25, -0.2) is 4.79 Å². The predicted octanol–water partition coefficient (Wildman–Crippen LogP) is 3.45. The Morgan fingerprint density at radius 2 is 1.38 bits per heavy atom. The van der Waals surface area contributed by atoms with Crippen molar-refractivity contribution >= 4 is 11.8 Å². The summed E-state index contributed by atoms with van der Waals surface area (Å²) in [7, 11) is 4.37. The molecule has 0 aliphatic heterocycles. The lowest BCUT2D eigenvalue weighted by molar-refractivity contribution is 0.0315. The van der Waals surface area contributed by atoms with E-state index in [1.54, 1.807) is 12.1 Å². The number of hydrogen-bond donors (Lipinski definition) is 0. The highest BCUT2D eigenvalue weighted by atomic mass is 16.5. The first-order valence-electron chi connectivity index (χ1n) is 8.03. The molecule has 0 saturated carbocycles. The van der Waals surface area contributed by atoms with E-state index in [-0.39, 0.29) is 17.1 Å². The topological polar surface area (TPSA) is 71.1 Å². The number of methoxy groups -OCH3 is 3. The maximum atomic E-state index is 12.5. The molecule has 2 aromatic carbocycles. The van der Waals surface area contributed by atoms with E-state index in [4.69, 9.17) is 18.9 Å². The molecule has 26 heavy (non-hydrogen) atoms. The molecule has 138 valence electrons. The number of aryl methyl sites for hydroxylation is 1. The molecule has 0 N–H and O–H groups in total. The highest BCUT2D eigenvalue weighted by molar-refractivity contribution is 6.02. The zero-order valence-corrected chi connectivity index (χ0v) is 15.5. The van der Waals surface area contributed by atoms with Crippen molar-refractivity contribution in [2.24, 2.45) is 0 Å². The molecule has 0 fully saturated rings. The van der Waals surface area contributed by atoms with E-state index in [0.29, 0.717) is 17.1 Å². The first kappa shape index (κ1) is 19.3. The molecule has 0 unspecified atom stereocenters. The third-order valence-corrected chi connectivity index (χ3v) is 3.91. The first-order chi connectivity index (χ1) is 12.4. The second-order valence-electron chi connectivity index (χ2n) is 5.69. The number of benzene rings is 2. The predicted molar refractivity (Wildman–Crippen MR) is 96.5 cm³/mol. The minimum absolute atomic E-state index is 0.147. The van der Waals surface area contributed by atoms with Gasteiger partial charge in [0, 0.05) is 17.7 Å². The van der Waals surface area contributed by atoms with Gasteiger partial charge in [-0.15, -0.1) is 0 Å². The minimum Gasteiger partial charge on any atom is -0.496 e. The van der Waals surface area contributed by atoms with Crippen molar-refractivity contribution in [3.05, 3.63) is 53.1 Å². The summed E-state index contributed by atoms with van der Waals surface area (Å²) in [5, 5.41) is 0. The standard InChI is InChI=1S/C20H22O6/c1-12-6-8-14(9-7-12)19(21)13(2)26-20(22)15-10-17(24-4)18(25-5)11-16(15)23-3/h6-11,13H,1-5H3/t13-/m0/s1. The Bertz CT molecular complexity index is 795. The van der Waals surface area contributed by atoms with Crippen molar-refractivity contribution in [1.29, 1.82) is 0 Å². The number of esters is 1. The molecule has 0 radical (unpaired) electrons. The molecule has 6 nitrogen and oxygen atoms in total. The Kier molecular flexibility index (Phi) is 6.22. The minimum atomic E-state index is -0.942. The molecule has 2 aromatic rings. The molecule has 1 atom stereocenters. The van der Waals surface area contributed by atoms with Crippen LogP contribution in [0.3, 0.4) is 0 Å². The summed E-state index contributed by atoms with van der Waals surface area (Å²) in [4.78, 5) is 25.0. The van der Waals surface area contributed by atoms with Crippen LogP contribution >= 0.6 is 0 Å². The number of Topliss-reactive ketones (excluding diaryl/α,β-unsaturated/α-hetero) is 1. The third kappa shape index (κ3) is 4.14. The number of ketones is 1. The maximum Gasteiger partial charge on any atom is 0.342 e. The summed E-state index contributed by atoms with van der Waals surface area (Å²) >= 11 is 0. The van der Waals surface area contributed by atoms with Crippen molar-refractivity contribution in [3.8, 4) is 17.2 Å². The van der Waals surface area contributed by atoms with Crippen molar-refractivity contribution < 1.29 is 28.5 Å². The van der Waals surface area contributed by atoms with Crippen molar-refractivity contribution in [1.82, 2.24) is 0 Å². The van der Waals surface area contributed by atoms with Gasteiger partial charge in [0.25, 0.3) is 0 Å².